The van der Waals surface area contributed by atoms with Crippen LogP contribution in [0, 0.1) is 19.8 Å². The van der Waals surface area contributed by atoms with E-state index >= 15 is 0 Å². The van der Waals surface area contributed by atoms with Crippen molar-refractivity contribution in [2.24, 2.45) is 5.92 Å². The lowest BCUT2D eigenvalue weighted by Gasteiger charge is -2.17. The summed E-state index contributed by atoms with van der Waals surface area (Å²) in [7, 11) is 0. The summed E-state index contributed by atoms with van der Waals surface area (Å²) < 4.78 is 0. The second-order valence-electron chi connectivity index (χ2n) is 4.99. The van der Waals surface area contributed by atoms with Crippen molar-refractivity contribution < 1.29 is 14.7 Å². The van der Waals surface area contributed by atoms with E-state index in [9.17, 15) is 9.59 Å². The third kappa shape index (κ3) is 2.73. The van der Waals surface area contributed by atoms with Crippen molar-refractivity contribution >= 4 is 23.5 Å². The number of carbonyl (C=O) groups excluding carboxylic acids is 1. The molecule has 1 aliphatic heterocycles. The van der Waals surface area contributed by atoms with Gasteiger partial charge in [0.1, 0.15) is 0 Å². The monoisotopic (exact) mass is 281 g/mol. The van der Waals surface area contributed by atoms with E-state index in [4.69, 9.17) is 16.7 Å². The fourth-order valence-electron chi connectivity index (χ4n) is 2.26. The van der Waals surface area contributed by atoms with Crippen LogP contribution in [0.25, 0.3) is 0 Å². The Morgan fingerprint density at radius 1 is 1.32 bits per heavy atom. The number of hydrogen-bond donors (Lipinski definition) is 1. The normalized spacial score (nSPS) is 18.7. The Morgan fingerprint density at radius 3 is 2.53 bits per heavy atom. The molecule has 1 aromatic carbocycles. The molecule has 5 heteroatoms. The van der Waals surface area contributed by atoms with Gasteiger partial charge < -0.3 is 10.0 Å². The molecule has 0 aliphatic carbocycles. The van der Waals surface area contributed by atoms with E-state index in [0.717, 1.165) is 11.1 Å². The van der Waals surface area contributed by atoms with Crippen molar-refractivity contribution in [2.45, 2.75) is 20.3 Å². The van der Waals surface area contributed by atoms with E-state index in [2.05, 4.69) is 0 Å². The van der Waals surface area contributed by atoms with Gasteiger partial charge in [-0.2, -0.15) is 0 Å². The topological polar surface area (TPSA) is 57.6 Å². The predicted octanol–water partition coefficient (Wildman–Crippen LogP) is 2.50. The molecule has 1 unspecified atom stereocenters. The van der Waals surface area contributed by atoms with Gasteiger partial charge in [0.2, 0.25) is 0 Å². The first kappa shape index (κ1) is 13.9. The van der Waals surface area contributed by atoms with Crippen LogP contribution in [-0.4, -0.2) is 35.0 Å². The van der Waals surface area contributed by atoms with Gasteiger partial charge in [0, 0.05) is 13.1 Å². The predicted molar refractivity (Wildman–Crippen MR) is 72.6 cm³/mol. The maximum absolute atomic E-state index is 12.3. The molecule has 1 aliphatic rings. The first-order chi connectivity index (χ1) is 8.90. The van der Waals surface area contributed by atoms with Gasteiger partial charge in [0.25, 0.3) is 5.91 Å². The van der Waals surface area contributed by atoms with E-state index in [0.29, 0.717) is 23.6 Å². The number of carboxylic acids is 1. The summed E-state index contributed by atoms with van der Waals surface area (Å²) in [5.74, 6) is -1.49. The van der Waals surface area contributed by atoms with E-state index in [1.807, 2.05) is 13.8 Å². The molecule has 1 aromatic rings. The van der Waals surface area contributed by atoms with Crippen LogP contribution in [0.1, 0.15) is 27.9 Å². The number of hydrogen-bond acceptors (Lipinski definition) is 2. The Labute approximate surface area is 117 Å². The highest BCUT2D eigenvalue weighted by Crippen LogP contribution is 2.25. The van der Waals surface area contributed by atoms with Gasteiger partial charge in [0.15, 0.2) is 0 Å². The van der Waals surface area contributed by atoms with Crippen LogP contribution in [0.5, 0.6) is 0 Å². The van der Waals surface area contributed by atoms with Gasteiger partial charge in [-0.3, -0.25) is 9.59 Å². The van der Waals surface area contributed by atoms with Crippen LogP contribution >= 0.6 is 11.6 Å². The number of amides is 1. The minimum atomic E-state index is -0.846. The molecule has 0 radical (unpaired) electrons. The lowest BCUT2D eigenvalue weighted by atomic mass is 10.1. The summed E-state index contributed by atoms with van der Waals surface area (Å²) in [6.45, 7) is 4.59. The Bertz CT molecular complexity index is 542. The second kappa shape index (κ2) is 5.21. The first-order valence-electron chi connectivity index (χ1n) is 6.19. The van der Waals surface area contributed by atoms with Crippen molar-refractivity contribution in [2.75, 3.05) is 13.1 Å². The molecular formula is C14H16ClNO3. The molecule has 1 atom stereocenters. The maximum Gasteiger partial charge on any atom is 0.308 e. The van der Waals surface area contributed by atoms with Crippen molar-refractivity contribution in [3.63, 3.8) is 0 Å². The molecule has 0 spiro atoms. The van der Waals surface area contributed by atoms with Crippen molar-refractivity contribution in [1.82, 2.24) is 4.90 Å². The SMILES string of the molecule is Cc1cc(Cl)c(C(=O)N2CCC(C(=O)O)C2)cc1C. The zero-order valence-corrected chi connectivity index (χ0v) is 11.7. The molecule has 1 saturated heterocycles. The first-order valence-corrected chi connectivity index (χ1v) is 6.56. The van der Waals surface area contributed by atoms with Gasteiger partial charge >= 0.3 is 5.97 Å². The highest BCUT2D eigenvalue weighted by Gasteiger charge is 2.32. The van der Waals surface area contributed by atoms with E-state index < -0.39 is 11.9 Å². The molecule has 2 rings (SSSR count). The lowest BCUT2D eigenvalue weighted by molar-refractivity contribution is -0.141. The molecule has 4 nitrogen and oxygen atoms in total. The minimum Gasteiger partial charge on any atom is -0.481 e. The van der Waals surface area contributed by atoms with Gasteiger partial charge in [-0.25, -0.2) is 0 Å². The quantitative estimate of drug-likeness (QED) is 0.906. The maximum atomic E-state index is 12.3. The molecule has 1 N–H and O–H groups in total. The van der Waals surface area contributed by atoms with Crippen LogP contribution in [0.4, 0.5) is 0 Å². The molecular weight excluding hydrogens is 266 g/mol. The number of carbonyl (C=O) groups is 2. The average Bonchev–Trinajstić information content (AvgIpc) is 2.82. The summed E-state index contributed by atoms with van der Waals surface area (Å²) in [5, 5.41) is 9.38. The molecule has 1 amide bonds. The lowest BCUT2D eigenvalue weighted by Crippen LogP contribution is -2.30. The van der Waals surface area contributed by atoms with E-state index in [1.165, 1.54) is 0 Å². The third-order valence-corrected chi connectivity index (χ3v) is 3.95. The van der Waals surface area contributed by atoms with Crippen molar-refractivity contribution in [1.29, 1.82) is 0 Å². The van der Waals surface area contributed by atoms with Gasteiger partial charge in [-0.15, -0.1) is 0 Å². The van der Waals surface area contributed by atoms with Crippen LogP contribution in [-0.2, 0) is 4.79 Å². The number of likely N-dealkylation sites (tertiary alicyclic amines) is 1. The highest BCUT2D eigenvalue weighted by molar-refractivity contribution is 6.34. The number of aryl methyl sites for hydroxylation is 2. The zero-order valence-electron chi connectivity index (χ0n) is 10.9. The Balaban J connectivity index is 2.22. The Kier molecular flexibility index (Phi) is 3.80. The number of nitrogens with zero attached hydrogens (tertiary/aromatic N) is 1. The van der Waals surface area contributed by atoms with Crippen LogP contribution in [0.2, 0.25) is 5.02 Å². The van der Waals surface area contributed by atoms with Crippen LogP contribution in [0.15, 0.2) is 12.1 Å². The van der Waals surface area contributed by atoms with Crippen LogP contribution < -0.4 is 0 Å². The van der Waals surface area contributed by atoms with Crippen molar-refractivity contribution in [3.05, 3.63) is 33.8 Å². The van der Waals surface area contributed by atoms with Gasteiger partial charge in [0.05, 0.1) is 16.5 Å². The largest absolute Gasteiger partial charge is 0.481 e. The fraction of sp³-hybridized carbons (Fsp3) is 0.429. The van der Waals surface area contributed by atoms with Gasteiger partial charge in [-0.05, 0) is 43.5 Å². The Hall–Kier alpha value is -1.55. The van der Waals surface area contributed by atoms with Crippen LogP contribution in [0.3, 0.4) is 0 Å². The number of rotatable bonds is 2. The highest BCUT2D eigenvalue weighted by atomic mass is 35.5. The standard InChI is InChI=1S/C14H16ClNO3/c1-8-5-11(12(15)6-9(8)2)13(17)16-4-3-10(7-16)14(18)19/h5-6,10H,3-4,7H2,1-2H3,(H,18,19). The summed E-state index contributed by atoms with van der Waals surface area (Å²) >= 11 is 6.11. The smallest absolute Gasteiger partial charge is 0.308 e. The molecule has 102 valence electrons. The van der Waals surface area contributed by atoms with Gasteiger partial charge in [-0.1, -0.05) is 11.6 Å². The Morgan fingerprint density at radius 2 is 1.95 bits per heavy atom. The zero-order chi connectivity index (χ0) is 14.2. The summed E-state index contributed by atoms with van der Waals surface area (Å²) in [6.07, 6.45) is 0.504. The fourth-order valence-corrected chi connectivity index (χ4v) is 2.56. The summed E-state index contributed by atoms with van der Waals surface area (Å²) in [6, 6.07) is 3.54. The van der Waals surface area contributed by atoms with Crippen molar-refractivity contribution in [3.8, 4) is 0 Å². The molecule has 0 bridgehead atoms. The van der Waals surface area contributed by atoms with E-state index in [-0.39, 0.29) is 12.5 Å². The molecule has 0 saturated carbocycles. The molecule has 1 fully saturated rings. The number of aliphatic carboxylic acids is 1. The van der Waals surface area contributed by atoms with E-state index in [1.54, 1.807) is 17.0 Å². The summed E-state index contributed by atoms with van der Waals surface area (Å²) in [5.41, 5.74) is 2.49. The molecule has 19 heavy (non-hydrogen) atoms. The molecule has 1 heterocycles. The number of benzene rings is 1. The minimum absolute atomic E-state index is 0.183. The molecule has 0 aromatic heterocycles. The summed E-state index contributed by atoms with van der Waals surface area (Å²) in [4.78, 5) is 24.8. The third-order valence-electron chi connectivity index (χ3n) is 3.64. The number of carboxylic acid groups (broad SMARTS) is 1. The second-order valence-corrected chi connectivity index (χ2v) is 5.40. The average molecular weight is 282 g/mol. The number of halogens is 1.